The van der Waals surface area contributed by atoms with Crippen molar-refractivity contribution in [2.24, 2.45) is 0 Å². The van der Waals surface area contributed by atoms with Gasteiger partial charge >= 0.3 is 0 Å². The van der Waals surface area contributed by atoms with Gasteiger partial charge in [-0.15, -0.1) is 0 Å². The van der Waals surface area contributed by atoms with Crippen molar-refractivity contribution in [3.05, 3.63) is 53.7 Å². The van der Waals surface area contributed by atoms with Crippen LogP contribution in [0.5, 0.6) is 0 Å². The van der Waals surface area contributed by atoms with Crippen LogP contribution in [0.1, 0.15) is 24.3 Å². The van der Waals surface area contributed by atoms with E-state index in [-0.39, 0.29) is 0 Å². The van der Waals surface area contributed by atoms with E-state index >= 15 is 0 Å². The average Bonchev–Trinajstić information content (AvgIpc) is 2.91. The third kappa shape index (κ3) is 2.71. The van der Waals surface area contributed by atoms with Gasteiger partial charge in [0.05, 0.1) is 12.3 Å². The molecule has 0 aliphatic heterocycles. The molecule has 0 spiro atoms. The fourth-order valence-corrected chi connectivity index (χ4v) is 3.11. The summed E-state index contributed by atoms with van der Waals surface area (Å²) >= 11 is 0. The van der Waals surface area contributed by atoms with Gasteiger partial charge in [0, 0.05) is 0 Å². The monoisotopic (exact) mass is 294 g/mol. The fourth-order valence-electron chi connectivity index (χ4n) is 1.73. The number of furan rings is 1. The van der Waals surface area contributed by atoms with Crippen molar-refractivity contribution in [2.75, 3.05) is 0 Å². The van der Waals surface area contributed by atoms with E-state index in [0.717, 1.165) is 6.07 Å². The Labute approximate surface area is 115 Å². The van der Waals surface area contributed by atoms with Crippen LogP contribution in [0.15, 0.2) is 45.9 Å². The van der Waals surface area contributed by atoms with Crippen LogP contribution in [-0.2, 0) is 10.0 Å². The lowest BCUT2D eigenvalue weighted by atomic mass is 10.2. The molecule has 104 valence electrons. The molecule has 1 N–H and O–H groups in total. The Kier molecular flexibility index (Phi) is 3.88. The summed E-state index contributed by atoms with van der Waals surface area (Å²) in [5.41, 5.74) is -0.508. The average molecular weight is 294 g/mol. The number of hydrogen-bond acceptors (Lipinski definition) is 4. The summed E-state index contributed by atoms with van der Waals surface area (Å²) in [4.78, 5) is -0.390. The van der Waals surface area contributed by atoms with E-state index < -0.39 is 32.3 Å². The summed E-state index contributed by atoms with van der Waals surface area (Å²) in [7, 11) is -4.02. The summed E-state index contributed by atoms with van der Waals surface area (Å²) in [5.74, 6) is -0.454. The molecule has 0 saturated heterocycles. The number of benzene rings is 1. The van der Waals surface area contributed by atoms with Crippen molar-refractivity contribution >= 4 is 10.0 Å². The normalized spacial score (nSPS) is 12.8. The van der Waals surface area contributed by atoms with Gasteiger partial charge in [0.1, 0.15) is 28.1 Å². The maximum absolute atomic E-state index is 13.5. The van der Waals surface area contributed by atoms with Crippen LogP contribution in [0.2, 0.25) is 0 Å². The Bertz CT molecular complexity index is 748. The largest absolute Gasteiger partial charge is 0.468 e. The van der Waals surface area contributed by atoms with Crippen LogP contribution < -0.4 is 4.72 Å². The molecule has 2 aromatic rings. The molecular formula is C13H11FN2O3S. The second kappa shape index (κ2) is 5.45. The number of halogens is 1. The van der Waals surface area contributed by atoms with Crippen LogP contribution in [0.25, 0.3) is 0 Å². The molecule has 0 saturated carbocycles. The van der Waals surface area contributed by atoms with E-state index in [9.17, 15) is 12.8 Å². The minimum atomic E-state index is -4.02. The van der Waals surface area contributed by atoms with Gasteiger partial charge in [-0.25, -0.2) is 17.5 Å². The van der Waals surface area contributed by atoms with E-state index in [2.05, 4.69) is 4.72 Å². The van der Waals surface area contributed by atoms with E-state index in [0.29, 0.717) is 5.76 Å². The minimum Gasteiger partial charge on any atom is -0.468 e. The molecule has 1 aromatic heterocycles. The lowest BCUT2D eigenvalue weighted by Crippen LogP contribution is -2.27. The number of nitrogens with one attached hydrogen (secondary N) is 1. The van der Waals surface area contributed by atoms with E-state index in [1.54, 1.807) is 25.1 Å². The maximum Gasteiger partial charge on any atom is 0.242 e. The first-order valence-corrected chi connectivity index (χ1v) is 7.18. The third-order valence-electron chi connectivity index (χ3n) is 2.68. The first kappa shape index (κ1) is 14.2. The van der Waals surface area contributed by atoms with Crippen molar-refractivity contribution < 1.29 is 17.2 Å². The molecule has 7 heteroatoms. The van der Waals surface area contributed by atoms with Crippen LogP contribution in [0, 0.1) is 17.1 Å². The predicted octanol–water partition coefficient (Wildman–Crippen LogP) is 2.33. The predicted molar refractivity (Wildman–Crippen MR) is 68.6 cm³/mol. The van der Waals surface area contributed by atoms with Gasteiger partial charge in [-0.1, -0.05) is 6.07 Å². The molecule has 20 heavy (non-hydrogen) atoms. The lowest BCUT2D eigenvalue weighted by Gasteiger charge is -2.13. The first-order valence-electron chi connectivity index (χ1n) is 5.70. The second-order valence-electron chi connectivity index (χ2n) is 4.08. The molecule has 1 atom stereocenters. The van der Waals surface area contributed by atoms with Crippen molar-refractivity contribution in [1.29, 1.82) is 5.26 Å². The number of sulfonamides is 1. The van der Waals surface area contributed by atoms with E-state index in [1.807, 2.05) is 0 Å². The van der Waals surface area contributed by atoms with Gasteiger partial charge in [0.2, 0.25) is 10.0 Å². The molecule has 0 aliphatic rings. The standard InChI is InChI=1S/C13H11FN2O3S/c1-9(12-5-3-7-19-12)16-20(17,18)13-6-2-4-11(14)10(13)8-15/h2-7,9,16H,1H3. The van der Waals surface area contributed by atoms with Crippen LogP contribution in [-0.4, -0.2) is 8.42 Å². The maximum atomic E-state index is 13.5. The van der Waals surface area contributed by atoms with Crippen LogP contribution in [0.4, 0.5) is 4.39 Å². The highest BCUT2D eigenvalue weighted by molar-refractivity contribution is 7.89. The van der Waals surface area contributed by atoms with Gasteiger partial charge in [-0.3, -0.25) is 0 Å². The highest BCUT2D eigenvalue weighted by atomic mass is 32.2. The topological polar surface area (TPSA) is 83.1 Å². The highest BCUT2D eigenvalue weighted by Crippen LogP contribution is 2.21. The summed E-state index contributed by atoms with van der Waals surface area (Å²) in [6.07, 6.45) is 1.42. The number of nitriles is 1. The third-order valence-corrected chi connectivity index (χ3v) is 4.26. The number of nitrogens with zero attached hydrogens (tertiary/aromatic N) is 1. The van der Waals surface area contributed by atoms with Crippen LogP contribution >= 0.6 is 0 Å². The quantitative estimate of drug-likeness (QED) is 0.938. The molecule has 0 aliphatic carbocycles. The van der Waals surface area contributed by atoms with Crippen molar-refractivity contribution in [3.63, 3.8) is 0 Å². The smallest absolute Gasteiger partial charge is 0.242 e. The second-order valence-corrected chi connectivity index (χ2v) is 5.77. The Balaban J connectivity index is 2.37. The number of rotatable bonds is 4. The summed E-state index contributed by atoms with van der Waals surface area (Å²) < 4.78 is 45.3. The molecule has 2 rings (SSSR count). The molecule has 0 amide bonds. The molecule has 5 nitrogen and oxygen atoms in total. The lowest BCUT2D eigenvalue weighted by molar-refractivity contribution is 0.459. The van der Waals surface area contributed by atoms with Gasteiger partial charge < -0.3 is 4.42 Å². The van der Waals surface area contributed by atoms with Crippen molar-refractivity contribution in [3.8, 4) is 6.07 Å². The van der Waals surface area contributed by atoms with Crippen molar-refractivity contribution in [2.45, 2.75) is 17.9 Å². The van der Waals surface area contributed by atoms with Gasteiger partial charge in [-0.05, 0) is 31.2 Å². The van der Waals surface area contributed by atoms with E-state index in [1.165, 1.54) is 18.4 Å². The first-order chi connectivity index (χ1) is 9.45. The highest BCUT2D eigenvalue weighted by Gasteiger charge is 2.24. The van der Waals surface area contributed by atoms with Crippen molar-refractivity contribution in [1.82, 2.24) is 4.72 Å². The SMILES string of the molecule is CC(NS(=O)(=O)c1cccc(F)c1C#N)c1ccco1. The molecule has 1 unspecified atom stereocenters. The molecule has 0 fully saturated rings. The molecule has 1 aromatic carbocycles. The van der Waals surface area contributed by atoms with Gasteiger partial charge in [-0.2, -0.15) is 5.26 Å². The summed E-state index contributed by atoms with van der Waals surface area (Å²) in [5, 5.41) is 8.88. The Morgan fingerprint density at radius 2 is 2.10 bits per heavy atom. The minimum absolute atomic E-state index is 0.390. The Morgan fingerprint density at radius 3 is 2.70 bits per heavy atom. The fraction of sp³-hybridized carbons (Fsp3) is 0.154. The zero-order valence-corrected chi connectivity index (χ0v) is 11.3. The zero-order chi connectivity index (χ0) is 14.8. The Morgan fingerprint density at radius 1 is 1.35 bits per heavy atom. The van der Waals surface area contributed by atoms with Crippen LogP contribution in [0.3, 0.4) is 0 Å². The van der Waals surface area contributed by atoms with Gasteiger partial charge in [0.15, 0.2) is 0 Å². The summed E-state index contributed by atoms with van der Waals surface area (Å²) in [6.45, 7) is 1.59. The molecule has 0 bridgehead atoms. The zero-order valence-electron chi connectivity index (χ0n) is 10.5. The van der Waals surface area contributed by atoms with Gasteiger partial charge in [0.25, 0.3) is 0 Å². The Hall–Kier alpha value is -2.17. The molecule has 0 radical (unpaired) electrons. The van der Waals surface area contributed by atoms with E-state index in [4.69, 9.17) is 9.68 Å². The summed E-state index contributed by atoms with van der Waals surface area (Å²) in [6, 6.07) is 7.62. The number of hydrogen-bond donors (Lipinski definition) is 1. The molecular weight excluding hydrogens is 283 g/mol. The molecule has 1 heterocycles.